The lowest BCUT2D eigenvalue weighted by atomic mass is 10.2. The van der Waals surface area contributed by atoms with Gasteiger partial charge in [0, 0.05) is 35.7 Å². The zero-order chi connectivity index (χ0) is 23.6. The predicted octanol–water partition coefficient (Wildman–Crippen LogP) is 5.31. The van der Waals surface area contributed by atoms with Gasteiger partial charge >= 0.3 is 6.18 Å². The molecule has 0 saturated carbocycles. The van der Waals surface area contributed by atoms with Crippen LogP contribution in [0.5, 0.6) is 0 Å². The predicted molar refractivity (Wildman–Crippen MR) is 119 cm³/mol. The molecule has 10 heteroatoms. The van der Waals surface area contributed by atoms with Crippen LogP contribution in [-0.2, 0) is 11.0 Å². The lowest BCUT2D eigenvalue weighted by Gasteiger charge is -2.10. The number of amides is 2. The standard InChI is InChI=1S/C23H18F3N5O2/c1-14(32)27-16-7-5-15(6-8-16)22(33)29-18-11-9-17(10-12-18)28-20-3-2-4-21-30-19(13-31(20)21)23(24,25)26/h2-13,28H,1H3,(H,27,32)(H,29,33). The maximum atomic E-state index is 13.0. The van der Waals surface area contributed by atoms with Gasteiger partial charge in [0.05, 0.1) is 0 Å². The minimum atomic E-state index is -4.53. The highest BCUT2D eigenvalue weighted by Crippen LogP contribution is 2.30. The number of pyridine rings is 1. The van der Waals surface area contributed by atoms with Crippen molar-refractivity contribution in [3.63, 3.8) is 0 Å². The molecule has 0 unspecified atom stereocenters. The van der Waals surface area contributed by atoms with Gasteiger partial charge < -0.3 is 16.0 Å². The number of rotatable bonds is 5. The van der Waals surface area contributed by atoms with Gasteiger partial charge in [0.25, 0.3) is 5.91 Å². The molecule has 0 aliphatic rings. The number of nitrogens with one attached hydrogen (secondary N) is 3. The van der Waals surface area contributed by atoms with Crippen molar-refractivity contribution >= 4 is 40.3 Å². The maximum Gasteiger partial charge on any atom is 0.434 e. The van der Waals surface area contributed by atoms with E-state index in [1.54, 1.807) is 60.7 Å². The molecular weight excluding hydrogens is 435 g/mol. The SMILES string of the molecule is CC(=O)Nc1ccc(C(=O)Nc2ccc(Nc3cccc4nc(C(F)(F)F)cn34)cc2)cc1. The van der Waals surface area contributed by atoms with E-state index < -0.39 is 11.9 Å². The number of carbonyl (C=O) groups is 2. The zero-order valence-electron chi connectivity index (χ0n) is 17.3. The number of benzene rings is 2. The number of halogens is 3. The van der Waals surface area contributed by atoms with E-state index in [0.29, 0.717) is 28.4 Å². The van der Waals surface area contributed by atoms with Crippen molar-refractivity contribution in [3.05, 3.63) is 84.2 Å². The molecule has 0 atom stereocenters. The molecule has 2 aromatic carbocycles. The third kappa shape index (κ3) is 5.12. The first-order valence-electron chi connectivity index (χ1n) is 9.80. The van der Waals surface area contributed by atoms with Crippen molar-refractivity contribution in [1.29, 1.82) is 0 Å². The van der Waals surface area contributed by atoms with Gasteiger partial charge in [-0.05, 0) is 60.7 Å². The van der Waals surface area contributed by atoms with Gasteiger partial charge in [0.2, 0.25) is 5.91 Å². The van der Waals surface area contributed by atoms with Gasteiger partial charge in [0.15, 0.2) is 5.69 Å². The molecular formula is C23H18F3N5O2. The quantitative estimate of drug-likeness (QED) is 0.382. The average molecular weight is 453 g/mol. The van der Waals surface area contributed by atoms with Crippen LogP contribution in [0.15, 0.2) is 72.9 Å². The molecule has 0 aliphatic carbocycles. The largest absolute Gasteiger partial charge is 0.434 e. The minimum Gasteiger partial charge on any atom is -0.341 e. The summed E-state index contributed by atoms with van der Waals surface area (Å²) in [6.07, 6.45) is -3.60. The fourth-order valence-electron chi connectivity index (χ4n) is 3.15. The van der Waals surface area contributed by atoms with Crippen LogP contribution < -0.4 is 16.0 Å². The molecule has 33 heavy (non-hydrogen) atoms. The highest BCUT2D eigenvalue weighted by molar-refractivity contribution is 6.04. The Morgan fingerprint density at radius 1 is 0.848 bits per heavy atom. The van der Waals surface area contributed by atoms with Crippen molar-refractivity contribution in [2.45, 2.75) is 13.1 Å². The van der Waals surface area contributed by atoms with Crippen LogP contribution >= 0.6 is 0 Å². The summed E-state index contributed by atoms with van der Waals surface area (Å²) in [6.45, 7) is 1.40. The molecule has 0 bridgehead atoms. The normalized spacial score (nSPS) is 11.3. The number of fused-ring (bicyclic) bond motifs is 1. The van der Waals surface area contributed by atoms with Crippen LogP contribution in [0.1, 0.15) is 23.0 Å². The molecule has 4 rings (SSSR count). The molecule has 0 fully saturated rings. The summed E-state index contributed by atoms with van der Waals surface area (Å²) in [5.41, 5.74) is 1.35. The summed E-state index contributed by atoms with van der Waals surface area (Å²) in [5, 5.41) is 8.45. The first kappa shape index (κ1) is 21.9. The van der Waals surface area contributed by atoms with E-state index in [1.807, 2.05) is 0 Å². The Kier molecular flexibility index (Phi) is 5.74. The van der Waals surface area contributed by atoms with Crippen LogP contribution in [-0.4, -0.2) is 21.2 Å². The Morgan fingerprint density at radius 3 is 2.09 bits per heavy atom. The minimum absolute atomic E-state index is 0.167. The smallest absolute Gasteiger partial charge is 0.341 e. The number of imidazole rings is 1. The van der Waals surface area contributed by atoms with E-state index in [0.717, 1.165) is 6.20 Å². The van der Waals surface area contributed by atoms with Crippen LogP contribution in [0, 0.1) is 0 Å². The summed E-state index contributed by atoms with van der Waals surface area (Å²) in [6, 6.07) is 17.9. The summed E-state index contributed by atoms with van der Waals surface area (Å²) in [5.74, 6) is -0.120. The Morgan fingerprint density at radius 2 is 1.45 bits per heavy atom. The molecule has 2 heterocycles. The fourth-order valence-corrected chi connectivity index (χ4v) is 3.15. The van der Waals surface area contributed by atoms with E-state index >= 15 is 0 Å². The number of hydrogen-bond acceptors (Lipinski definition) is 4. The van der Waals surface area contributed by atoms with Gasteiger partial charge in [-0.1, -0.05) is 6.07 Å². The number of nitrogens with zero attached hydrogens (tertiary/aromatic N) is 2. The number of alkyl halides is 3. The van der Waals surface area contributed by atoms with E-state index in [2.05, 4.69) is 20.9 Å². The number of aromatic nitrogens is 2. The summed E-state index contributed by atoms with van der Waals surface area (Å²) in [7, 11) is 0. The second kappa shape index (κ2) is 8.65. The average Bonchev–Trinajstić information content (AvgIpc) is 3.21. The van der Waals surface area contributed by atoms with Crippen molar-refractivity contribution in [1.82, 2.24) is 9.38 Å². The number of anilines is 4. The Hall–Kier alpha value is -4.34. The highest BCUT2D eigenvalue weighted by Gasteiger charge is 2.34. The van der Waals surface area contributed by atoms with Gasteiger partial charge in [-0.3, -0.25) is 14.0 Å². The van der Waals surface area contributed by atoms with E-state index in [-0.39, 0.29) is 17.5 Å². The van der Waals surface area contributed by atoms with Crippen molar-refractivity contribution < 1.29 is 22.8 Å². The molecule has 2 aromatic heterocycles. The summed E-state index contributed by atoms with van der Waals surface area (Å²) in [4.78, 5) is 27.1. The second-order valence-corrected chi connectivity index (χ2v) is 7.18. The molecule has 168 valence electrons. The monoisotopic (exact) mass is 453 g/mol. The molecule has 0 aliphatic heterocycles. The first-order valence-corrected chi connectivity index (χ1v) is 9.80. The van der Waals surface area contributed by atoms with E-state index in [4.69, 9.17) is 0 Å². The van der Waals surface area contributed by atoms with Crippen LogP contribution in [0.3, 0.4) is 0 Å². The maximum absolute atomic E-state index is 13.0. The molecule has 2 amide bonds. The first-order chi connectivity index (χ1) is 15.7. The van der Waals surface area contributed by atoms with Crippen molar-refractivity contribution in [2.24, 2.45) is 0 Å². The summed E-state index contributed by atoms with van der Waals surface area (Å²) >= 11 is 0. The molecule has 3 N–H and O–H groups in total. The van der Waals surface area contributed by atoms with Crippen molar-refractivity contribution in [2.75, 3.05) is 16.0 Å². The number of carbonyl (C=O) groups excluding carboxylic acids is 2. The van der Waals surface area contributed by atoms with Crippen LogP contribution in [0.2, 0.25) is 0 Å². The molecule has 4 aromatic rings. The third-order valence-electron chi connectivity index (χ3n) is 4.67. The highest BCUT2D eigenvalue weighted by atomic mass is 19.4. The van der Waals surface area contributed by atoms with E-state index in [9.17, 15) is 22.8 Å². The van der Waals surface area contributed by atoms with Crippen LogP contribution in [0.4, 0.5) is 36.1 Å². The lowest BCUT2D eigenvalue weighted by Crippen LogP contribution is -2.12. The van der Waals surface area contributed by atoms with Gasteiger partial charge in [-0.25, -0.2) is 4.98 Å². The van der Waals surface area contributed by atoms with Gasteiger partial charge in [-0.15, -0.1) is 0 Å². The zero-order valence-corrected chi connectivity index (χ0v) is 17.3. The van der Waals surface area contributed by atoms with Crippen LogP contribution in [0.25, 0.3) is 5.65 Å². The van der Waals surface area contributed by atoms with Crippen molar-refractivity contribution in [3.8, 4) is 0 Å². The topological polar surface area (TPSA) is 87.5 Å². The Balaban J connectivity index is 1.45. The van der Waals surface area contributed by atoms with E-state index in [1.165, 1.54) is 17.4 Å². The molecule has 0 radical (unpaired) electrons. The lowest BCUT2D eigenvalue weighted by molar-refractivity contribution is -0.140. The Bertz CT molecular complexity index is 1310. The number of hydrogen-bond donors (Lipinski definition) is 3. The molecule has 0 saturated heterocycles. The fraction of sp³-hybridized carbons (Fsp3) is 0.0870. The molecule has 0 spiro atoms. The third-order valence-corrected chi connectivity index (χ3v) is 4.67. The molecule has 7 nitrogen and oxygen atoms in total. The van der Waals surface area contributed by atoms with Gasteiger partial charge in [0.1, 0.15) is 11.5 Å². The summed E-state index contributed by atoms with van der Waals surface area (Å²) < 4.78 is 40.3. The second-order valence-electron chi connectivity index (χ2n) is 7.18. The van der Waals surface area contributed by atoms with Gasteiger partial charge in [-0.2, -0.15) is 13.2 Å². The Labute approximate surface area is 186 Å².